The van der Waals surface area contributed by atoms with Crippen LogP contribution in [0, 0.1) is 10.1 Å². The van der Waals surface area contributed by atoms with Crippen molar-refractivity contribution in [3.63, 3.8) is 0 Å². The molecule has 0 fully saturated rings. The molecule has 0 aliphatic heterocycles. The van der Waals surface area contributed by atoms with Crippen molar-refractivity contribution in [1.82, 2.24) is 0 Å². The second kappa shape index (κ2) is 6.68. The maximum absolute atomic E-state index is 11.4. The molecular formula is C14H17NO4. The zero-order chi connectivity index (χ0) is 14.4. The number of hydrogen-bond acceptors (Lipinski definition) is 4. The number of ether oxygens (including phenoxy) is 1. The molecule has 19 heavy (non-hydrogen) atoms. The second-order valence-corrected chi connectivity index (χ2v) is 4.12. The van der Waals surface area contributed by atoms with E-state index in [4.69, 9.17) is 4.74 Å². The van der Waals surface area contributed by atoms with Gasteiger partial charge in [0.15, 0.2) is 5.78 Å². The average molecular weight is 263 g/mol. The highest BCUT2D eigenvalue weighted by Crippen LogP contribution is 2.20. The molecule has 1 aromatic rings. The SMILES string of the molecule is CC/C(C(C)=O)=C(/C)OCc1ccccc1[N+](=O)[O-]. The van der Waals surface area contributed by atoms with Crippen LogP contribution in [0.2, 0.25) is 0 Å². The van der Waals surface area contributed by atoms with Crippen LogP contribution >= 0.6 is 0 Å². The maximum Gasteiger partial charge on any atom is 0.276 e. The lowest BCUT2D eigenvalue weighted by molar-refractivity contribution is -0.385. The Morgan fingerprint density at radius 1 is 1.32 bits per heavy atom. The molecule has 1 aromatic carbocycles. The van der Waals surface area contributed by atoms with E-state index in [1.807, 2.05) is 6.92 Å². The molecule has 0 spiro atoms. The summed E-state index contributed by atoms with van der Waals surface area (Å²) in [5, 5.41) is 10.8. The number of carbonyl (C=O) groups is 1. The van der Waals surface area contributed by atoms with E-state index in [2.05, 4.69) is 0 Å². The van der Waals surface area contributed by atoms with Gasteiger partial charge in [-0.05, 0) is 26.3 Å². The Morgan fingerprint density at radius 3 is 2.47 bits per heavy atom. The Morgan fingerprint density at radius 2 is 1.95 bits per heavy atom. The first kappa shape index (κ1) is 14.9. The fourth-order valence-corrected chi connectivity index (χ4v) is 1.83. The quantitative estimate of drug-likeness (QED) is 0.341. The molecule has 0 bridgehead atoms. The number of para-hydroxylation sites is 1. The Hall–Kier alpha value is -2.17. The van der Waals surface area contributed by atoms with Gasteiger partial charge >= 0.3 is 0 Å². The van der Waals surface area contributed by atoms with E-state index in [-0.39, 0.29) is 18.1 Å². The molecule has 5 heteroatoms. The van der Waals surface area contributed by atoms with Crippen LogP contribution in [-0.2, 0) is 16.1 Å². The van der Waals surface area contributed by atoms with Crippen LogP contribution < -0.4 is 0 Å². The number of ketones is 1. The Balaban J connectivity index is 2.88. The van der Waals surface area contributed by atoms with Gasteiger partial charge in [-0.3, -0.25) is 14.9 Å². The molecule has 0 atom stereocenters. The molecule has 0 N–H and O–H groups in total. The van der Waals surface area contributed by atoms with Gasteiger partial charge in [-0.2, -0.15) is 0 Å². The van der Waals surface area contributed by atoms with Crippen LogP contribution in [0.3, 0.4) is 0 Å². The standard InChI is InChI=1S/C14H17NO4/c1-4-13(10(2)16)11(3)19-9-12-7-5-6-8-14(12)15(17)18/h5-8H,4,9H2,1-3H3/b13-11+. The summed E-state index contributed by atoms with van der Waals surface area (Å²) in [7, 11) is 0. The van der Waals surface area contributed by atoms with Crippen molar-refractivity contribution in [3.05, 3.63) is 51.3 Å². The number of benzene rings is 1. The molecule has 0 aromatic heterocycles. The minimum Gasteiger partial charge on any atom is -0.493 e. The first-order chi connectivity index (χ1) is 8.97. The minimum absolute atomic E-state index is 0.0242. The summed E-state index contributed by atoms with van der Waals surface area (Å²) in [5.74, 6) is 0.482. The van der Waals surface area contributed by atoms with Gasteiger partial charge in [-0.1, -0.05) is 19.1 Å². The van der Waals surface area contributed by atoms with E-state index >= 15 is 0 Å². The molecule has 0 aliphatic rings. The largest absolute Gasteiger partial charge is 0.493 e. The summed E-state index contributed by atoms with van der Waals surface area (Å²) in [4.78, 5) is 21.8. The summed E-state index contributed by atoms with van der Waals surface area (Å²) in [5.41, 5.74) is 1.13. The van der Waals surface area contributed by atoms with Crippen LogP contribution in [0.1, 0.15) is 32.8 Å². The predicted molar refractivity (Wildman–Crippen MR) is 71.6 cm³/mol. The van der Waals surface area contributed by atoms with Crippen molar-refractivity contribution in [1.29, 1.82) is 0 Å². The van der Waals surface area contributed by atoms with E-state index < -0.39 is 4.92 Å². The van der Waals surface area contributed by atoms with E-state index in [1.54, 1.807) is 25.1 Å². The Bertz CT molecular complexity index is 520. The average Bonchev–Trinajstić information content (AvgIpc) is 2.37. The number of nitrogens with zero attached hydrogens (tertiary/aromatic N) is 1. The first-order valence-corrected chi connectivity index (χ1v) is 6.03. The third-order valence-corrected chi connectivity index (χ3v) is 2.84. The lowest BCUT2D eigenvalue weighted by Crippen LogP contribution is -2.03. The van der Waals surface area contributed by atoms with E-state index in [0.29, 0.717) is 23.3 Å². The predicted octanol–water partition coefficient (Wildman–Crippen LogP) is 3.38. The Kier molecular flexibility index (Phi) is 5.23. The van der Waals surface area contributed by atoms with Crippen molar-refractivity contribution < 1.29 is 14.5 Å². The highest BCUT2D eigenvalue weighted by molar-refractivity contribution is 5.93. The summed E-state index contributed by atoms with van der Waals surface area (Å²) >= 11 is 0. The summed E-state index contributed by atoms with van der Waals surface area (Å²) in [6.45, 7) is 5.14. The van der Waals surface area contributed by atoms with Crippen molar-refractivity contribution in [3.8, 4) is 0 Å². The molecule has 102 valence electrons. The summed E-state index contributed by atoms with van der Waals surface area (Å²) in [6.07, 6.45) is 0.581. The third kappa shape index (κ3) is 3.91. The van der Waals surface area contributed by atoms with E-state index in [9.17, 15) is 14.9 Å². The molecule has 5 nitrogen and oxygen atoms in total. The number of nitro benzene ring substituents is 1. The number of carbonyl (C=O) groups excluding carboxylic acids is 1. The fraction of sp³-hybridized carbons (Fsp3) is 0.357. The lowest BCUT2D eigenvalue weighted by Gasteiger charge is -2.10. The monoisotopic (exact) mass is 263 g/mol. The molecule has 0 unspecified atom stereocenters. The molecule has 1 rings (SSSR count). The lowest BCUT2D eigenvalue weighted by atomic mass is 10.1. The zero-order valence-corrected chi connectivity index (χ0v) is 11.3. The summed E-state index contributed by atoms with van der Waals surface area (Å²) < 4.78 is 5.49. The van der Waals surface area contributed by atoms with Crippen LogP contribution in [0.25, 0.3) is 0 Å². The highest BCUT2D eigenvalue weighted by Gasteiger charge is 2.14. The molecule has 0 radical (unpaired) electrons. The van der Waals surface area contributed by atoms with Crippen LogP contribution in [-0.4, -0.2) is 10.7 Å². The van der Waals surface area contributed by atoms with Gasteiger partial charge in [0.2, 0.25) is 0 Å². The van der Waals surface area contributed by atoms with Gasteiger partial charge in [0.05, 0.1) is 10.5 Å². The van der Waals surface area contributed by atoms with E-state index in [0.717, 1.165) is 0 Å². The van der Waals surface area contributed by atoms with Gasteiger partial charge in [-0.15, -0.1) is 0 Å². The normalized spacial score (nSPS) is 11.7. The van der Waals surface area contributed by atoms with Crippen LogP contribution in [0.5, 0.6) is 0 Å². The van der Waals surface area contributed by atoms with Gasteiger partial charge in [-0.25, -0.2) is 0 Å². The minimum atomic E-state index is -0.441. The topological polar surface area (TPSA) is 69.4 Å². The summed E-state index contributed by atoms with van der Waals surface area (Å²) in [6, 6.07) is 6.40. The smallest absolute Gasteiger partial charge is 0.276 e. The van der Waals surface area contributed by atoms with Crippen LogP contribution in [0.15, 0.2) is 35.6 Å². The maximum atomic E-state index is 11.4. The Labute approximate surface area is 112 Å². The number of nitro groups is 1. The molecule has 0 aliphatic carbocycles. The van der Waals surface area contributed by atoms with Crippen LogP contribution in [0.4, 0.5) is 5.69 Å². The first-order valence-electron chi connectivity index (χ1n) is 6.03. The molecule has 0 amide bonds. The van der Waals surface area contributed by atoms with E-state index in [1.165, 1.54) is 13.0 Å². The second-order valence-electron chi connectivity index (χ2n) is 4.12. The van der Waals surface area contributed by atoms with Crippen molar-refractivity contribution in [2.75, 3.05) is 0 Å². The number of rotatable bonds is 6. The van der Waals surface area contributed by atoms with Gasteiger partial charge in [0.1, 0.15) is 12.4 Å². The van der Waals surface area contributed by atoms with Gasteiger partial charge in [0, 0.05) is 11.6 Å². The third-order valence-electron chi connectivity index (χ3n) is 2.84. The number of hydrogen-bond donors (Lipinski definition) is 0. The van der Waals surface area contributed by atoms with Crippen molar-refractivity contribution in [2.45, 2.75) is 33.8 Å². The molecule has 0 saturated heterocycles. The van der Waals surface area contributed by atoms with Crippen molar-refractivity contribution in [2.24, 2.45) is 0 Å². The molecule has 0 heterocycles. The zero-order valence-electron chi connectivity index (χ0n) is 11.3. The van der Waals surface area contributed by atoms with Gasteiger partial charge in [0.25, 0.3) is 5.69 Å². The van der Waals surface area contributed by atoms with Crippen molar-refractivity contribution >= 4 is 11.5 Å². The van der Waals surface area contributed by atoms with Gasteiger partial charge < -0.3 is 4.74 Å². The fourth-order valence-electron chi connectivity index (χ4n) is 1.83. The number of allylic oxidation sites excluding steroid dienone is 2. The molecular weight excluding hydrogens is 246 g/mol. The highest BCUT2D eigenvalue weighted by atomic mass is 16.6. The number of Topliss-reactive ketones (excluding diaryl/α,β-unsaturated/α-hetero) is 1. The molecule has 0 saturated carbocycles.